The van der Waals surface area contributed by atoms with Gasteiger partial charge >= 0.3 is 5.97 Å². The van der Waals surface area contributed by atoms with Gasteiger partial charge in [0.1, 0.15) is 5.82 Å². The summed E-state index contributed by atoms with van der Waals surface area (Å²) >= 11 is 0. The maximum atomic E-state index is 13.6. The Balaban J connectivity index is 1.98. The van der Waals surface area contributed by atoms with E-state index in [4.69, 9.17) is 5.11 Å². The number of anilines is 1. The standard InChI is InChI=1S/C16H16FNO2/c1-11-2-7-15(14(17)8-11)18-10-13-5-3-12(4-6-13)9-16(19)20/h2-8,18H,9-10H2,1H3,(H,19,20). The van der Waals surface area contributed by atoms with Crippen LogP contribution in [0.15, 0.2) is 42.5 Å². The molecule has 2 aromatic carbocycles. The van der Waals surface area contributed by atoms with Crippen LogP contribution < -0.4 is 5.32 Å². The van der Waals surface area contributed by atoms with Gasteiger partial charge in [-0.05, 0) is 35.7 Å². The van der Waals surface area contributed by atoms with Crippen molar-refractivity contribution in [1.29, 1.82) is 0 Å². The summed E-state index contributed by atoms with van der Waals surface area (Å²) in [4.78, 5) is 10.6. The van der Waals surface area contributed by atoms with Gasteiger partial charge in [0.25, 0.3) is 0 Å². The predicted octanol–water partition coefficient (Wildman–Crippen LogP) is 3.37. The van der Waals surface area contributed by atoms with E-state index < -0.39 is 5.97 Å². The summed E-state index contributed by atoms with van der Waals surface area (Å²) in [7, 11) is 0. The number of carboxylic acids is 1. The highest BCUT2D eigenvalue weighted by Gasteiger charge is 2.03. The van der Waals surface area contributed by atoms with E-state index in [1.54, 1.807) is 18.2 Å². The fraction of sp³-hybridized carbons (Fsp3) is 0.188. The number of benzene rings is 2. The van der Waals surface area contributed by atoms with Crippen LogP contribution in [0.2, 0.25) is 0 Å². The summed E-state index contributed by atoms with van der Waals surface area (Å²) in [6, 6.07) is 12.3. The summed E-state index contributed by atoms with van der Waals surface area (Å²) in [5.74, 6) is -1.12. The lowest BCUT2D eigenvalue weighted by molar-refractivity contribution is -0.136. The number of hydrogen-bond donors (Lipinski definition) is 2. The number of rotatable bonds is 5. The number of aryl methyl sites for hydroxylation is 1. The molecule has 0 heterocycles. The van der Waals surface area contributed by atoms with Gasteiger partial charge in [-0.2, -0.15) is 0 Å². The van der Waals surface area contributed by atoms with Crippen LogP contribution in [0.25, 0.3) is 0 Å². The maximum Gasteiger partial charge on any atom is 0.307 e. The van der Waals surface area contributed by atoms with Crippen molar-refractivity contribution in [2.75, 3.05) is 5.32 Å². The third-order valence-electron chi connectivity index (χ3n) is 2.99. The first kappa shape index (κ1) is 14.1. The first-order valence-corrected chi connectivity index (χ1v) is 6.34. The van der Waals surface area contributed by atoms with Crippen molar-refractivity contribution in [2.45, 2.75) is 19.9 Å². The van der Waals surface area contributed by atoms with Gasteiger partial charge in [0.05, 0.1) is 12.1 Å². The van der Waals surface area contributed by atoms with Crippen LogP contribution in [0, 0.1) is 12.7 Å². The molecule has 2 rings (SSSR count). The van der Waals surface area contributed by atoms with Crippen LogP contribution in [-0.4, -0.2) is 11.1 Å². The summed E-state index contributed by atoms with van der Waals surface area (Å²) in [5, 5.41) is 11.7. The molecule has 0 aliphatic carbocycles. The molecule has 0 saturated heterocycles. The van der Waals surface area contributed by atoms with Crippen LogP contribution in [-0.2, 0) is 17.8 Å². The smallest absolute Gasteiger partial charge is 0.307 e. The first-order valence-electron chi connectivity index (χ1n) is 6.34. The molecule has 0 fully saturated rings. The molecule has 0 saturated carbocycles. The third kappa shape index (κ3) is 3.82. The van der Waals surface area contributed by atoms with E-state index in [-0.39, 0.29) is 12.2 Å². The average Bonchev–Trinajstić information content (AvgIpc) is 2.39. The molecule has 0 aliphatic heterocycles. The van der Waals surface area contributed by atoms with Gasteiger partial charge in [-0.3, -0.25) is 4.79 Å². The van der Waals surface area contributed by atoms with Crippen molar-refractivity contribution in [2.24, 2.45) is 0 Å². The lowest BCUT2D eigenvalue weighted by atomic mass is 10.1. The molecule has 3 nitrogen and oxygen atoms in total. The molecule has 0 bridgehead atoms. The lowest BCUT2D eigenvalue weighted by Crippen LogP contribution is -2.03. The Morgan fingerprint density at radius 1 is 1.15 bits per heavy atom. The Morgan fingerprint density at radius 3 is 2.40 bits per heavy atom. The fourth-order valence-corrected chi connectivity index (χ4v) is 1.91. The molecule has 0 spiro atoms. The quantitative estimate of drug-likeness (QED) is 0.878. The number of hydrogen-bond acceptors (Lipinski definition) is 2. The van der Waals surface area contributed by atoms with Gasteiger partial charge in [0, 0.05) is 6.54 Å². The molecule has 2 N–H and O–H groups in total. The van der Waals surface area contributed by atoms with E-state index in [1.165, 1.54) is 6.07 Å². The van der Waals surface area contributed by atoms with Gasteiger partial charge in [-0.1, -0.05) is 30.3 Å². The van der Waals surface area contributed by atoms with Gasteiger partial charge in [-0.15, -0.1) is 0 Å². The summed E-state index contributed by atoms with van der Waals surface area (Å²) in [6.45, 7) is 2.33. The predicted molar refractivity (Wildman–Crippen MR) is 76.2 cm³/mol. The maximum absolute atomic E-state index is 13.6. The number of aliphatic carboxylic acids is 1. The summed E-state index contributed by atoms with van der Waals surface area (Å²) in [5.41, 5.74) is 3.07. The van der Waals surface area contributed by atoms with E-state index in [2.05, 4.69) is 5.32 Å². The van der Waals surface area contributed by atoms with Gasteiger partial charge in [-0.25, -0.2) is 4.39 Å². The Bertz CT molecular complexity index is 608. The molecule has 0 aliphatic rings. The van der Waals surface area contributed by atoms with Crippen molar-refractivity contribution in [3.05, 3.63) is 65.0 Å². The first-order chi connectivity index (χ1) is 9.54. The third-order valence-corrected chi connectivity index (χ3v) is 2.99. The Morgan fingerprint density at radius 2 is 1.80 bits per heavy atom. The minimum atomic E-state index is -0.849. The van der Waals surface area contributed by atoms with E-state index in [9.17, 15) is 9.18 Å². The molecule has 0 amide bonds. The molecule has 0 atom stereocenters. The zero-order chi connectivity index (χ0) is 14.5. The summed E-state index contributed by atoms with van der Waals surface area (Å²) in [6.07, 6.45) is 0.0142. The van der Waals surface area contributed by atoms with Crippen molar-refractivity contribution in [3.63, 3.8) is 0 Å². The van der Waals surface area contributed by atoms with Crippen LogP contribution in [0.5, 0.6) is 0 Å². The fourth-order valence-electron chi connectivity index (χ4n) is 1.91. The second-order valence-electron chi connectivity index (χ2n) is 4.72. The van der Waals surface area contributed by atoms with Crippen LogP contribution >= 0.6 is 0 Å². The minimum Gasteiger partial charge on any atom is -0.481 e. The number of carboxylic acid groups (broad SMARTS) is 1. The van der Waals surface area contributed by atoms with E-state index in [1.807, 2.05) is 25.1 Å². The summed E-state index contributed by atoms with van der Waals surface area (Å²) < 4.78 is 13.6. The second kappa shape index (κ2) is 6.19. The highest BCUT2D eigenvalue weighted by atomic mass is 19.1. The van der Waals surface area contributed by atoms with Crippen molar-refractivity contribution >= 4 is 11.7 Å². The van der Waals surface area contributed by atoms with Crippen LogP contribution in [0.1, 0.15) is 16.7 Å². The van der Waals surface area contributed by atoms with Crippen LogP contribution in [0.3, 0.4) is 0 Å². The number of carbonyl (C=O) groups is 1. The average molecular weight is 273 g/mol. The Labute approximate surface area is 117 Å². The zero-order valence-corrected chi connectivity index (χ0v) is 11.2. The zero-order valence-electron chi connectivity index (χ0n) is 11.2. The van der Waals surface area contributed by atoms with Crippen molar-refractivity contribution in [3.8, 4) is 0 Å². The van der Waals surface area contributed by atoms with E-state index in [0.717, 1.165) is 16.7 Å². The largest absolute Gasteiger partial charge is 0.481 e. The minimum absolute atomic E-state index is 0.0142. The molecule has 0 radical (unpaired) electrons. The van der Waals surface area contributed by atoms with E-state index >= 15 is 0 Å². The topological polar surface area (TPSA) is 49.3 Å². The molecule has 20 heavy (non-hydrogen) atoms. The lowest BCUT2D eigenvalue weighted by Gasteiger charge is -2.08. The van der Waals surface area contributed by atoms with Crippen LogP contribution in [0.4, 0.5) is 10.1 Å². The van der Waals surface area contributed by atoms with E-state index in [0.29, 0.717) is 12.2 Å². The van der Waals surface area contributed by atoms with Gasteiger partial charge in [0.2, 0.25) is 0 Å². The molecular formula is C16H16FNO2. The molecular weight excluding hydrogens is 257 g/mol. The molecule has 0 aromatic heterocycles. The molecule has 2 aromatic rings. The highest BCUT2D eigenvalue weighted by molar-refractivity contribution is 5.70. The van der Waals surface area contributed by atoms with Gasteiger partial charge < -0.3 is 10.4 Å². The normalized spacial score (nSPS) is 10.3. The van der Waals surface area contributed by atoms with Crippen molar-refractivity contribution in [1.82, 2.24) is 0 Å². The number of nitrogens with one attached hydrogen (secondary N) is 1. The second-order valence-corrected chi connectivity index (χ2v) is 4.72. The Kier molecular flexibility index (Phi) is 4.35. The SMILES string of the molecule is Cc1ccc(NCc2ccc(CC(=O)O)cc2)c(F)c1. The van der Waals surface area contributed by atoms with Crippen molar-refractivity contribution < 1.29 is 14.3 Å². The molecule has 4 heteroatoms. The monoisotopic (exact) mass is 273 g/mol. The van der Waals surface area contributed by atoms with Gasteiger partial charge in [0.15, 0.2) is 0 Å². The molecule has 0 unspecified atom stereocenters. The number of halogens is 1. The Hall–Kier alpha value is -2.36. The molecule has 104 valence electrons. The highest BCUT2D eigenvalue weighted by Crippen LogP contribution is 2.16.